The van der Waals surface area contributed by atoms with E-state index in [1.165, 1.54) is 18.1 Å². The lowest BCUT2D eigenvalue weighted by Crippen LogP contribution is -2.36. The van der Waals surface area contributed by atoms with Crippen LogP contribution in [0.25, 0.3) is 10.8 Å². The van der Waals surface area contributed by atoms with Crippen LogP contribution in [-0.2, 0) is 17.8 Å². The zero-order valence-corrected chi connectivity index (χ0v) is 24.4. The predicted molar refractivity (Wildman–Crippen MR) is 163 cm³/mol. The Morgan fingerprint density at radius 1 is 1.07 bits per heavy atom. The van der Waals surface area contributed by atoms with Crippen LogP contribution in [0.5, 0.6) is 6.01 Å². The van der Waals surface area contributed by atoms with Gasteiger partial charge < -0.3 is 24.3 Å². The van der Waals surface area contributed by atoms with Gasteiger partial charge in [-0.1, -0.05) is 42.4 Å². The van der Waals surface area contributed by atoms with Gasteiger partial charge in [0, 0.05) is 67.2 Å². The van der Waals surface area contributed by atoms with Crippen LogP contribution in [0.4, 0.5) is 11.5 Å². The number of likely N-dealkylation sites (tertiary alicyclic amines) is 2. The van der Waals surface area contributed by atoms with Crippen molar-refractivity contribution in [2.45, 2.75) is 31.8 Å². The summed E-state index contributed by atoms with van der Waals surface area (Å²) in [4.78, 5) is 31.4. The highest BCUT2D eigenvalue weighted by Gasteiger charge is 2.42. The van der Waals surface area contributed by atoms with Gasteiger partial charge in [-0.15, -0.1) is 0 Å². The van der Waals surface area contributed by atoms with Crippen molar-refractivity contribution in [2.24, 2.45) is 11.8 Å². The summed E-state index contributed by atoms with van der Waals surface area (Å²) in [6.45, 7) is 10.3. The first-order chi connectivity index (χ1) is 20.0. The Bertz CT molecular complexity index is 1480. The molecule has 1 amide bonds. The van der Waals surface area contributed by atoms with E-state index in [9.17, 15) is 4.79 Å². The van der Waals surface area contributed by atoms with Crippen molar-refractivity contribution in [3.63, 3.8) is 0 Å². The minimum absolute atomic E-state index is 0.0339. The van der Waals surface area contributed by atoms with E-state index in [2.05, 4.69) is 52.6 Å². The van der Waals surface area contributed by atoms with E-state index in [1.807, 2.05) is 17.0 Å². The van der Waals surface area contributed by atoms with Crippen LogP contribution in [0, 0.1) is 11.8 Å². The molecule has 0 unspecified atom stereocenters. The van der Waals surface area contributed by atoms with Crippen LogP contribution >= 0.6 is 11.6 Å². The van der Waals surface area contributed by atoms with E-state index in [0.717, 1.165) is 85.1 Å². The second kappa shape index (κ2) is 10.8. The van der Waals surface area contributed by atoms with Gasteiger partial charge in [0.2, 0.25) is 5.91 Å². The summed E-state index contributed by atoms with van der Waals surface area (Å²) in [5.41, 5.74) is 3.38. The zero-order chi connectivity index (χ0) is 28.1. The number of nitrogens with zero attached hydrogens (tertiary/aromatic N) is 6. The van der Waals surface area contributed by atoms with E-state index in [1.54, 1.807) is 0 Å². The van der Waals surface area contributed by atoms with Gasteiger partial charge in [0.25, 0.3) is 0 Å². The van der Waals surface area contributed by atoms with Crippen LogP contribution in [0.15, 0.2) is 49.1 Å². The van der Waals surface area contributed by atoms with Gasteiger partial charge in [0.15, 0.2) is 0 Å². The topological polar surface area (TPSA) is 65.0 Å². The second-order valence-corrected chi connectivity index (χ2v) is 12.4. The normalized spacial score (nSPS) is 24.1. The maximum atomic E-state index is 12.2. The Labute approximate surface area is 246 Å². The standard InChI is InChI=1S/C32H37ClN6O2/c1-3-29(40)38-15-22-17-39(18-23(22)16-38)31-25-12-14-37(28-11-5-8-21-7-4-10-26(33)30(21)28)19-27(25)34-32(35-31)41-20-24-9-6-13-36(24)2/h3-5,7-8,10-11,22-24H,1,6,9,12-20H2,2H3/t22-,23+,24-/m0/s1. The molecule has 9 heteroatoms. The molecule has 0 N–H and O–H groups in total. The summed E-state index contributed by atoms with van der Waals surface area (Å²) in [5.74, 6) is 1.93. The fourth-order valence-electron chi connectivity index (χ4n) is 7.30. The fourth-order valence-corrected chi connectivity index (χ4v) is 7.57. The van der Waals surface area contributed by atoms with E-state index in [0.29, 0.717) is 37.0 Å². The number of benzene rings is 2. The Morgan fingerprint density at radius 2 is 1.85 bits per heavy atom. The maximum absolute atomic E-state index is 12.2. The molecule has 0 saturated carbocycles. The fraction of sp³-hybridized carbons (Fsp3) is 0.469. The third-order valence-electron chi connectivity index (χ3n) is 9.54. The highest BCUT2D eigenvalue weighted by molar-refractivity contribution is 6.36. The third kappa shape index (κ3) is 4.91. The Hall–Kier alpha value is -3.36. The van der Waals surface area contributed by atoms with Gasteiger partial charge in [0.05, 0.1) is 17.3 Å². The first-order valence-electron chi connectivity index (χ1n) is 14.8. The van der Waals surface area contributed by atoms with Gasteiger partial charge in [-0.2, -0.15) is 9.97 Å². The molecule has 4 aliphatic rings. The zero-order valence-electron chi connectivity index (χ0n) is 23.6. The first-order valence-corrected chi connectivity index (χ1v) is 15.2. The SMILES string of the molecule is C=CC(=O)N1C[C@@H]2CN(c3nc(OC[C@@H]4CCCN4C)nc4c3CCN(c3cccc5cccc(Cl)c35)C4)C[C@@H]2C1. The van der Waals surface area contributed by atoms with Gasteiger partial charge >= 0.3 is 6.01 Å². The van der Waals surface area contributed by atoms with Crippen LogP contribution in [0.3, 0.4) is 0 Å². The number of hydrogen-bond acceptors (Lipinski definition) is 7. The van der Waals surface area contributed by atoms with Crippen LogP contribution in [-0.4, -0.2) is 84.6 Å². The summed E-state index contributed by atoms with van der Waals surface area (Å²) in [6.07, 6.45) is 4.62. The lowest BCUT2D eigenvalue weighted by atomic mass is 10.0. The molecule has 3 fully saturated rings. The minimum atomic E-state index is 0.0339. The van der Waals surface area contributed by atoms with Crippen molar-refractivity contribution in [2.75, 3.05) is 62.7 Å². The van der Waals surface area contributed by atoms with Gasteiger partial charge in [-0.3, -0.25) is 4.79 Å². The molecule has 0 bridgehead atoms. The third-order valence-corrected chi connectivity index (χ3v) is 9.86. The molecule has 3 saturated heterocycles. The van der Waals surface area contributed by atoms with Crippen molar-refractivity contribution in [3.05, 3.63) is 65.3 Å². The molecule has 41 heavy (non-hydrogen) atoms. The molecule has 3 aromatic rings. The van der Waals surface area contributed by atoms with E-state index < -0.39 is 0 Å². The minimum Gasteiger partial charge on any atom is -0.462 e. The Kier molecular flexibility index (Phi) is 6.99. The van der Waals surface area contributed by atoms with Gasteiger partial charge in [0.1, 0.15) is 12.4 Å². The number of carbonyl (C=O) groups is 1. The molecule has 0 aliphatic carbocycles. The molecule has 8 nitrogen and oxygen atoms in total. The molecule has 214 valence electrons. The monoisotopic (exact) mass is 572 g/mol. The molecule has 4 aliphatic heterocycles. The molecule has 2 aromatic carbocycles. The molecule has 5 heterocycles. The Morgan fingerprint density at radius 3 is 2.59 bits per heavy atom. The number of carbonyl (C=O) groups excluding carboxylic acids is 1. The van der Waals surface area contributed by atoms with Crippen molar-refractivity contribution in [1.82, 2.24) is 19.8 Å². The molecule has 0 spiro atoms. The van der Waals surface area contributed by atoms with Crippen molar-refractivity contribution < 1.29 is 9.53 Å². The summed E-state index contributed by atoms with van der Waals surface area (Å²) in [6, 6.07) is 13.3. The maximum Gasteiger partial charge on any atom is 0.318 e. The van der Waals surface area contributed by atoms with Crippen LogP contribution < -0.4 is 14.5 Å². The smallest absolute Gasteiger partial charge is 0.318 e. The number of aromatic nitrogens is 2. The van der Waals surface area contributed by atoms with Crippen LogP contribution in [0.2, 0.25) is 5.02 Å². The largest absolute Gasteiger partial charge is 0.462 e. The van der Waals surface area contributed by atoms with Crippen LogP contribution in [0.1, 0.15) is 24.1 Å². The number of likely N-dealkylation sites (N-methyl/N-ethyl adjacent to an activating group) is 1. The van der Waals surface area contributed by atoms with Gasteiger partial charge in [-0.05, 0) is 56.4 Å². The molecule has 1 aromatic heterocycles. The summed E-state index contributed by atoms with van der Waals surface area (Å²) >= 11 is 6.71. The van der Waals surface area contributed by atoms with Crippen molar-refractivity contribution in [3.8, 4) is 6.01 Å². The summed E-state index contributed by atoms with van der Waals surface area (Å²) in [7, 11) is 2.16. The Balaban J connectivity index is 1.19. The van der Waals surface area contributed by atoms with Crippen molar-refractivity contribution >= 4 is 39.8 Å². The molecule has 3 atom stereocenters. The molecule has 0 radical (unpaired) electrons. The number of fused-ring (bicyclic) bond motifs is 3. The first kappa shape index (κ1) is 26.5. The van der Waals surface area contributed by atoms with E-state index >= 15 is 0 Å². The molecular formula is C32H37ClN6O2. The number of halogens is 1. The summed E-state index contributed by atoms with van der Waals surface area (Å²) in [5, 5.41) is 2.99. The molecular weight excluding hydrogens is 536 g/mol. The highest BCUT2D eigenvalue weighted by atomic mass is 35.5. The lowest BCUT2D eigenvalue weighted by Gasteiger charge is -2.34. The number of amides is 1. The average molecular weight is 573 g/mol. The lowest BCUT2D eigenvalue weighted by molar-refractivity contribution is -0.125. The number of rotatable bonds is 6. The number of hydrogen-bond donors (Lipinski definition) is 0. The highest BCUT2D eigenvalue weighted by Crippen LogP contribution is 2.39. The van der Waals surface area contributed by atoms with Crippen molar-refractivity contribution in [1.29, 1.82) is 0 Å². The number of anilines is 2. The quantitative estimate of drug-likeness (QED) is 0.406. The predicted octanol–water partition coefficient (Wildman–Crippen LogP) is 4.40. The second-order valence-electron chi connectivity index (χ2n) is 12.0. The summed E-state index contributed by atoms with van der Waals surface area (Å²) < 4.78 is 6.32. The van der Waals surface area contributed by atoms with E-state index in [-0.39, 0.29) is 5.91 Å². The number of ether oxygens (including phenoxy) is 1. The van der Waals surface area contributed by atoms with Gasteiger partial charge in [-0.25, -0.2) is 0 Å². The van der Waals surface area contributed by atoms with E-state index in [4.69, 9.17) is 26.3 Å². The molecule has 7 rings (SSSR count). The average Bonchev–Trinajstić information content (AvgIpc) is 3.70.